The number of hydrogen-bond acceptors (Lipinski definition) is 3. The Hall–Kier alpha value is 0.380. The van der Waals surface area contributed by atoms with E-state index in [-0.39, 0.29) is 4.21 Å². The summed E-state index contributed by atoms with van der Waals surface area (Å²) in [7, 11) is -3.40. The van der Waals surface area contributed by atoms with Crippen molar-refractivity contribution in [1.82, 2.24) is 4.72 Å². The third-order valence-electron chi connectivity index (χ3n) is 3.17. The molecule has 1 aliphatic rings. The number of rotatable bonds is 4. The number of nitrogens with one attached hydrogen (secondary N) is 1. The average molecular weight is 373 g/mol. The van der Waals surface area contributed by atoms with Crippen molar-refractivity contribution in [2.45, 2.75) is 34.7 Å². The molecule has 0 amide bonds. The molecule has 1 aliphatic carbocycles. The Morgan fingerprint density at radius 2 is 2.11 bits per heavy atom. The smallest absolute Gasteiger partial charge is 0.210 e. The van der Waals surface area contributed by atoms with Gasteiger partial charge in [-0.1, -0.05) is 40.4 Å². The summed E-state index contributed by atoms with van der Waals surface area (Å²) in [6.45, 7) is 0.494. The second kappa shape index (κ2) is 6.22. The maximum absolute atomic E-state index is 12.0. The summed E-state index contributed by atoms with van der Waals surface area (Å²) < 4.78 is 27.5. The van der Waals surface area contributed by atoms with E-state index in [9.17, 15) is 8.42 Å². The van der Waals surface area contributed by atoms with Crippen LogP contribution in [0.3, 0.4) is 0 Å². The van der Waals surface area contributed by atoms with Crippen molar-refractivity contribution < 1.29 is 8.42 Å². The SMILES string of the molecule is O=S(=O)(NCC1CCCCC1Br)c1ccc(Cl)s1. The minimum Gasteiger partial charge on any atom is -0.210 e. The normalized spacial score (nSPS) is 25.2. The van der Waals surface area contributed by atoms with Crippen molar-refractivity contribution in [3.8, 4) is 0 Å². The molecule has 1 saturated carbocycles. The Morgan fingerprint density at radius 1 is 1.39 bits per heavy atom. The summed E-state index contributed by atoms with van der Waals surface area (Å²) in [5.41, 5.74) is 0. The van der Waals surface area contributed by atoms with Crippen LogP contribution in [0.1, 0.15) is 25.7 Å². The predicted octanol–water partition coefficient (Wildman–Crippen LogP) is 3.63. The summed E-state index contributed by atoms with van der Waals surface area (Å²) in [6.07, 6.45) is 4.60. The number of hydrogen-bond donors (Lipinski definition) is 1. The Labute approximate surface area is 125 Å². The van der Waals surface area contributed by atoms with Crippen molar-refractivity contribution in [2.75, 3.05) is 6.54 Å². The first-order valence-electron chi connectivity index (χ1n) is 5.88. The maximum Gasteiger partial charge on any atom is 0.250 e. The molecule has 0 aliphatic heterocycles. The highest BCUT2D eigenvalue weighted by atomic mass is 79.9. The van der Waals surface area contributed by atoms with E-state index < -0.39 is 10.0 Å². The van der Waals surface area contributed by atoms with E-state index in [1.165, 1.54) is 12.8 Å². The number of thiophene rings is 1. The summed E-state index contributed by atoms with van der Waals surface area (Å²) >= 11 is 10.5. The van der Waals surface area contributed by atoms with Crippen LogP contribution < -0.4 is 4.72 Å². The van der Waals surface area contributed by atoms with Crippen LogP contribution >= 0.6 is 38.9 Å². The Bertz CT molecular complexity index is 503. The van der Waals surface area contributed by atoms with E-state index in [0.717, 1.165) is 24.2 Å². The van der Waals surface area contributed by atoms with Crippen molar-refractivity contribution in [3.63, 3.8) is 0 Å². The Balaban J connectivity index is 1.96. The van der Waals surface area contributed by atoms with Gasteiger partial charge in [-0.2, -0.15) is 0 Å². The van der Waals surface area contributed by atoms with Crippen LogP contribution in [0.4, 0.5) is 0 Å². The molecule has 0 spiro atoms. The zero-order chi connectivity index (χ0) is 13.2. The van der Waals surface area contributed by atoms with Gasteiger partial charge >= 0.3 is 0 Å². The van der Waals surface area contributed by atoms with E-state index in [2.05, 4.69) is 20.7 Å². The van der Waals surface area contributed by atoms with Gasteiger partial charge in [-0.05, 0) is 30.9 Å². The van der Waals surface area contributed by atoms with Crippen molar-refractivity contribution in [2.24, 2.45) is 5.92 Å². The van der Waals surface area contributed by atoms with Crippen LogP contribution in [0.5, 0.6) is 0 Å². The maximum atomic E-state index is 12.0. The molecule has 18 heavy (non-hydrogen) atoms. The van der Waals surface area contributed by atoms with Crippen molar-refractivity contribution >= 4 is 48.9 Å². The van der Waals surface area contributed by atoms with Gasteiger partial charge in [0.25, 0.3) is 0 Å². The number of sulfonamides is 1. The summed E-state index contributed by atoms with van der Waals surface area (Å²) in [5.74, 6) is 0.379. The van der Waals surface area contributed by atoms with Crippen LogP contribution in [-0.4, -0.2) is 19.8 Å². The Kier molecular flexibility index (Phi) is 5.11. The number of alkyl halides is 1. The molecular formula is C11H15BrClNO2S2. The largest absolute Gasteiger partial charge is 0.250 e. The van der Waals surface area contributed by atoms with Gasteiger partial charge in [-0.15, -0.1) is 11.3 Å². The lowest BCUT2D eigenvalue weighted by molar-refractivity contribution is 0.373. The molecule has 0 radical (unpaired) electrons. The lowest BCUT2D eigenvalue weighted by Gasteiger charge is -2.27. The molecule has 0 saturated heterocycles. The van der Waals surface area contributed by atoms with Gasteiger partial charge in [0.05, 0.1) is 4.34 Å². The first-order chi connectivity index (χ1) is 8.49. The van der Waals surface area contributed by atoms with Crippen molar-refractivity contribution in [3.05, 3.63) is 16.5 Å². The lowest BCUT2D eigenvalue weighted by Crippen LogP contribution is -2.34. The van der Waals surface area contributed by atoms with Gasteiger partial charge in [-0.25, -0.2) is 13.1 Å². The molecule has 7 heteroatoms. The molecule has 1 aromatic rings. The van der Waals surface area contributed by atoms with Gasteiger partial charge < -0.3 is 0 Å². The summed E-state index contributed by atoms with van der Waals surface area (Å²) in [6, 6.07) is 3.15. The second-order valence-electron chi connectivity index (χ2n) is 4.47. The molecule has 1 fully saturated rings. The standard InChI is InChI=1S/C11H15BrClNO2S2/c12-9-4-2-1-3-8(9)7-14-18(15,16)11-6-5-10(13)17-11/h5-6,8-9,14H,1-4,7H2. The average Bonchev–Trinajstić information content (AvgIpc) is 2.76. The van der Waals surface area contributed by atoms with E-state index in [1.807, 2.05) is 0 Å². The minimum atomic E-state index is -3.40. The van der Waals surface area contributed by atoms with Crippen LogP contribution in [-0.2, 0) is 10.0 Å². The van der Waals surface area contributed by atoms with Crippen LogP contribution in [0.2, 0.25) is 4.34 Å². The predicted molar refractivity (Wildman–Crippen MR) is 79.2 cm³/mol. The van der Waals surface area contributed by atoms with Gasteiger partial charge in [0.1, 0.15) is 4.21 Å². The first kappa shape index (κ1) is 14.8. The fourth-order valence-electron chi connectivity index (χ4n) is 2.12. The fraction of sp³-hybridized carbons (Fsp3) is 0.636. The summed E-state index contributed by atoms with van der Waals surface area (Å²) in [4.78, 5) is 0.417. The van der Waals surface area contributed by atoms with Gasteiger partial charge in [0, 0.05) is 11.4 Å². The van der Waals surface area contributed by atoms with E-state index in [1.54, 1.807) is 12.1 Å². The molecular weight excluding hydrogens is 358 g/mol. The first-order valence-corrected chi connectivity index (χ1v) is 9.47. The van der Waals surface area contributed by atoms with E-state index >= 15 is 0 Å². The molecule has 0 bridgehead atoms. The van der Waals surface area contributed by atoms with Crippen LogP contribution in [0.15, 0.2) is 16.3 Å². The molecule has 2 atom stereocenters. The van der Waals surface area contributed by atoms with Crippen molar-refractivity contribution in [1.29, 1.82) is 0 Å². The van der Waals surface area contributed by atoms with Gasteiger partial charge in [-0.3, -0.25) is 0 Å². The molecule has 2 unspecified atom stereocenters. The Morgan fingerprint density at radius 3 is 2.72 bits per heavy atom. The molecule has 1 N–H and O–H groups in total. The summed E-state index contributed by atoms with van der Waals surface area (Å²) in [5, 5.41) is 0. The molecule has 2 rings (SSSR count). The topological polar surface area (TPSA) is 46.2 Å². The molecule has 1 heterocycles. The highest BCUT2D eigenvalue weighted by Crippen LogP contribution is 2.30. The second-order valence-corrected chi connectivity index (χ2v) is 9.36. The highest BCUT2D eigenvalue weighted by molar-refractivity contribution is 9.09. The molecule has 1 aromatic heterocycles. The highest BCUT2D eigenvalue weighted by Gasteiger charge is 2.25. The van der Waals surface area contributed by atoms with Gasteiger partial charge in [0.15, 0.2) is 0 Å². The number of halogens is 2. The van der Waals surface area contributed by atoms with Crippen LogP contribution in [0.25, 0.3) is 0 Å². The van der Waals surface area contributed by atoms with Gasteiger partial charge in [0.2, 0.25) is 10.0 Å². The minimum absolute atomic E-state index is 0.287. The quantitative estimate of drug-likeness (QED) is 0.820. The van der Waals surface area contributed by atoms with E-state index in [0.29, 0.717) is 21.6 Å². The zero-order valence-electron chi connectivity index (χ0n) is 9.73. The zero-order valence-corrected chi connectivity index (χ0v) is 13.7. The fourth-order valence-corrected chi connectivity index (χ4v) is 5.52. The molecule has 3 nitrogen and oxygen atoms in total. The van der Waals surface area contributed by atoms with Crippen LogP contribution in [0, 0.1) is 5.92 Å². The monoisotopic (exact) mass is 371 g/mol. The molecule has 102 valence electrons. The molecule has 0 aromatic carbocycles. The van der Waals surface area contributed by atoms with E-state index in [4.69, 9.17) is 11.6 Å². The third kappa shape index (κ3) is 3.70. The third-order valence-corrected chi connectivity index (χ3v) is 7.52. The lowest BCUT2D eigenvalue weighted by atomic mass is 9.89.